The van der Waals surface area contributed by atoms with Crippen LogP contribution in [0.15, 0.2) is 23.4 Å². The first-order valence-corrected chi connectivity index (χ1v) is 6.37. The molecule has 0 saturated heterocycles. The molecule has 0 amide bonds. The number of hydrogen-bond acceptors (Lipinski definition) is 3. The number of oxime groups is 1. The van der Waals surface area contributed by atoms with E-state index in [1.54, 1.807) is 12.1 Å². The monoisotopic (exact) mass is 287 g/mol. The summed E-state index contributed by atoms with van der Waals surface area (Å²) in [4.78, 5) is 0. The Labute approximate surface area is 117 Å². The Kier molecular flexibility index (Phi) is 5.57. The standard InChI is InChI=1S/C13H19ClFN3O/c1-13(2,12(16)18-19)5-6-17-8-9-3-4-11(15)10(14)7-9/h3-4,7,17,19H,5-6,8H2,1-2H3,(H2,16,18). The second kappa shape index (κ2) is 6.73. The van der Waals surface area contributed by atoms with Crippen molar-refractivity contribution in [2.75, 3.05) is 6.54 Å². The van der Waals surface area contributed by atoms with Crippen molar-refractivity contribution in [3.05, 3.63) is 34.6 Å². The molecule has 1 aromatic rings. The molecule has 0 saturated carbocycles. The molecule has 4 nitrogen and oxygen atoms in total. The first-order chi connectivity index (χ1) is 8.86. The van der Waals surface area contributed by atoms with E-state index in [0.717, 1.165) is 12.0 Å². The number of nitrogens with zero attached hydrogens (tertiary/aromatic N) is 1. The van der Waals surface area contributed by atoms with Gasteiger partial charge in [0.25, 0.3) is 0 Å². The molecule has 106 valence electrons. The van der Waals surface area contributed by atoms with Gasteiger partial charge in [-0.3, -0.25) is 0 Å². The Hall–Kier alpha value is -1.33. The summed E-state index contributed by atoms with van der Waals surface area (Å²) in [5, 5.41) is 15.0. The highest BCUT2D eigenvalue weighted by Gasteiger charge is 2.22. The average molecular weight is 288 g/mol. The summed E-state index contributed by atoms with van der Waals surface area (Å²) in [5.74, 6) is -0.211. The zero-order valence-corrected chi connectivity index (χ0v) is 11.8. The Morgan fingerprint density at radius 1 is 1.53 bits per heavy atom. The summed E-state index contributed by atoms with van der Waals surface area (Å²) in [7, 11) is 0. The van der Waals surface area contributed by atoms with Crippen molar-refractivity contribution in [2.45, 2.75) is 26.8 Å². The van der Waals surface area contributed by atoms with Gasteiger partial charge in [0.05, 0.1) is 5.02 Å². The number of nitrogens with one attached hydrogen (secondary N) is 1. The van der Waals surface area contributed by atoms with E-state index in [9.17, 15) is 4.39 Å². The summed E-state index contributed by atoms with van der Waals surface area (Å²) >= 11 is 5.70. The van der Waals surface area contributed by atoms with Gasteiger partial charge in [0.15, 0.2) is 0 Å². The number of benzene rings is 1. The summed E-state index contributed by atoms with van der Waals surface area (Å²) in [6.07, 6.45) is 0.720. The third-order valence-corrected chi connectivity index (χ3v) is 3.33. The van der Waals surface area contributed by atoms with E-state index in [1.807, 2.05) is 13.8 Å². The van der Waals surface area contributed by atoms with Crippen LogP contribution in [0.2, 0.25) is 5.02 Å². The molecule has 0 radical (unpaired) electrons. The topological polar surface area (TPSA) is 70.6 Å². The Morgan fingerprint density at radius 2 is 2.21 bits per heavy atom. The summed E-state index contributed by atoms with van der Waals surface area (Å²) in [5.41, 5.74) is 6.13. The van der Waals surface area contributed by atoms with E-state index in [4.69, 9.17) is 22.5 Å². The minimum absolute atomic E-state index is 0.122. The fourth-order valence-corrected chi connectivity index (χ4v) is 1.75. The van der Waals surface area contributed by atoms with Crippen molar-refractivity contribution in [2.24, 2.45) is 16.3 Å². The predicted octanol–water partition coefficient (Wildman–Crippen LogP) is 2.73. The molecule has 0 bridgehead atoms. The second-order valence-corrected chi connectivity index (χ2v) is 5.45. The molecule has 0 aliphatic heterocycles. The van der Waals surface area contributed by atoms with Crippen LogP contribution in [0.4, 0.5) is 4.39 Å². The van der Waals surface area contributed by atoms with Crippen molar-refractivity contribution in [1.82, 2.24) is 5.32 Å². The maximum absolute atomic E-state index is 13.0. The average Bonchev–Trinajstić information content (AvgIpc) is 2.37. The van der Waals surface area contributed by atoms with Gasteiger partial charge in [-0.25, -0.2) is 4.39 Å². The van der Waals surface area contributed by atoms with Gasteiger partial charge in [0.2, 0.25) is 0 Å². The van der Waals surface area contributed by atoms with Gasteiger partial charge >= 0.3 is 0 Å². The van der Waals surface area contributed by atoms with E-state index in [1.165, 1.54) is 6.07 Å². The smallest absolute Gasteiger partial charge is 0.144 e. The lowest BCUT2D eigenvalue weighted by atomic mass is 9.88. The second-order valence-electron chi connectivity index (χ2n) is 5.04. The SMILES string of the molecule is CC(C)(CCNCc1ccc(F)c(Cl)c1)C(N)=NO. The Bertz CT molecular complexity index is 463. The van der Waals surface area contributed by atoms with Gasteiger partial charge in [-0.15, -0.1) is 0 Å². The van der Waals surface area contributed by atoms with Crippen molar-refractivity contribution in [3.8, 4) is 0 Å². The van der Waals surface area contributed by atoms with Crippen molar-refractivity contribution in [3.63, 3.8) is 0 Å². The number of halogens is 2. The third-order valence-electron chi connectivity index (χ3n) is 3.04. The molecule has 0 spiro atoms. The van der Waals surface area contributed by atoms with Crippen LogP contribution in [0.1, 0.15) is 25.8 Å². The van der Waals surface area contributed by atoms with Crippen LogP contribution >= 0.6 is 11.6 Å². The van der Waals surface area contributed by atoms with Crippen LogP contribution in [0.3, 0.4) is 0 Å². The lowest BCUT2D eigenvalue weighted by molar-refractivity contribution is 0.305. The predicted molar refractivity (Wildman–Crippen MR) is 74.9 cm³/mol. The first-order valence-electron chi connectivity index (χ1n) is 5.99. The fraction of sp³-hybridized carbons (Fsp3) is 0.462. The molecule has 0 aliphatic carbocycles. The molecule has 0 aromatic heterocycles. The molecule has 0 heterocycles. The highest BCUT2D eigenvalue weighted by Crippen LogP contribution is 2.20. The van der Waals surface area contributed by atoms with Crippen molar-refractivity contribution >= 4 is 17.4 Å². The summed E-state index contributed by atoms with van der Waals surface area (Å²) in [6.45, 7) is 5.08. The molecule has 6 heteroatoms. The fourth-order valence-electron chi connectivity index (χ4n) is 1.55. The largest absolute Gasteiger partial charge is 0.409 e. The molecular formula is C13H19ClFN3O. The van der Waals surface area contributed by atoms with E-state index in [-0.39, 0.29) is 16.3 Å². The molecule has 0 fully saturated rings. The number of hydrogen-bond donors (Lipinski definition) is 3. The van der Waals surface area contributed by atoms with Gasteiger partial charge in [-0.2, -0.15) is 0 Å². The normalized spacial score (nSPS) is 12.7. The van der Waals surface area contributed by atoms with Gasteiger partial charge < -0.3 is 16.3 Å². The quantitative estimate of drug-likeness (QED) is 0.248. The van der Waals surface area contributed by atoms with Crippen molar-refractivity contribution in [1.29, 1.82) is 0 Å². The van der Waals surface area contributed by atoms with Gasteiger partial charge in [0.1, 0.15) is 11.7 Å². The van der Waals surface area contributed by atoms with Gasteiger partial charge in [0, 0.05) is 12.0 Å². The lowest BCUT2D eigenvalue weighted by Crippen LogP contribution is -2.34. The Balaban J connectivity index is 2.41. The van der Waals surface area contributed by atoms with Gasteiger partial charge in [-0.05, 0) is 30.7 Å². The van der Waals surface area contributed by atoms with Crippen LogP contribution in [-0.4, -0.2) is 17.6 Å². The first kappa shape index (κ1) is 15.7. The number of nitrogens with two attached hydrogens (primary N) is 1. The highest BCUT2D eigenvalue weighted by atomic mass is 35.5. The summed E-state index contributed by atoms with van der Waals surface area (Å²) < 4.78 is 13.0. The zero-order valence-electron chi connectivity index (χ0n) is 11.1. The lowest BCUT2D eigenvalue weighted by Gasteiger charge is -2.22. The van der Waals surface area contributed by atoms with Crippen LogP contribution < -0.4 is 11.1 Å². The molecule has 0 unspecified atom stereocenters. The van der Waals surface area contributed by atoms with Crippen LogP contribution in [0.5, 0.6) is 0 Å². The molecular weight excluding hydrogens is 269 g/mol. The number of amidine groups is 1. The maximum atomic E-state index is 13.0. The molecule has 1 aromatic carbocycles. The minimum atomic E-state index is -0.418. The molecule has 19 heavy (non-hydrogen) atoms. The van der Waals surface area contributed by atoms with Crippen molar-refractivity contribution < 1.29 is 9.60 Å². The van der Waals surface area contributed by atoms with Crippen LogP contribution in [0, 0.1) is 11.2 Å². The van der Waals surface area contributed by atoms with Crippen LogP contribution in [-0.2, 0) is 6.54 Å². The highest BCUT2D eigenvalue weighted by molar-refractivity contribution is 6.30. The van der Waals surface area contributed by atoms with E-state index in [2.05, 4.69) is 10.5 Å². The Morgan fingerprint density at radius 3 is 2.79 bits per heavy atom. The van der Waals surface area contributed by atoms with E-state index < -0.39 is 5.82 Å². The zero-order chi connectivity index (χ0) is 14.5. The minimum Gasteiger partial charge on any atom is -0.409 e. The van der Waals surface area contributed by atoms with E-state index >= 15 is 0 Å². The molecule has 1 rings (SSSR count). The third kappa shape index (κ3) is 4.69. The number of rotatable bonds is 6. The van der Waals surface area contributed by atoms with Crippen LogP contribution in [0.25, 0.3) is 0 Å². The molecule has 0 atom stereocenters. The maximum Gasteiger partial charge on any atom is 0.144 e. The molecule has 0 aliphatic rings. The summed E-state index contributed by atoms with van der Waals surface area (Å²) in [6, 6.07) is 4.63. The van der Waals surface area contributed by atoms with Gasteiger partial charge in [-0.1, -0.05) is 36.7 Å². The molecule has 4 N–H and O–H groups in total. The van der Waals surface area contributed by atoms with E-state index in [0.29, 0.717) is 13.1 Å².